The van der Waals surface area contributed by atoms with Crippen LogP contribution in [0, 0.1) is 5.92 Å². The molecule has 1 atom stereocenters. The topological polar surface area (TPSA) is 44.4 Å². The van der Waals surface area contributed by atoms with Gasteiger partial charge in [-0.1, -0.05) is 0 Å². The minimum absolute atomic E-state index is 0.138. The molecule has 4 heteroatoms. The maximum atomic E-state index is 11.0. The zero-order valence-corrected chi connectivity index (χ0v) is 11.5. The molecule has 1 aliphatic rings. The van der Waals surface area contributed by atoms with E-state index < -0.39 is 0 Å². The lowest BCUT2D eigenvalue weighted by molar-refractivity contribution is -0.120. The van der Waals surface area contributed by atoms with E-state index in [4.69, 9.17) is 0 Å². The standard InChI is InChI=1S/C13H27N3O/c1-11(2)16-8-6-12(10-16)9-15-7-4-5-13(17)14-3/h11-12,15H,4-10H2,1-3H3,(H,14,17). The lowest BCUT2D eigenvalue weighted by atomic mass is 10.1. The van der Waals surface area contributed by atoms with Gasteiger partial charge in [-0.25, -0.2) is 0 Å². The van der Waals surface area contributed by atoms with E-state index in [9.17, 15) is 4.79 Å². The number of carbonyl (C=O) groups is 1. The molecule has 100 valence electrons. The smallest absolute Gasteiger partial charge is 0.219 e. The van der Waals surface area contributed by atoms with Gasteiger partial charge in [0.25, 0.3) is 0 Å². The number of likely N-dealkylation sites (tertiary alicyclic amines) is 1. The first-order chi connectivity index (χ1) is 8.13. The van der Waals surface area contributed by atoms with Crippen molar-refractivity contribution in [3.63, 3.8) is 0 Å². The maximum Gasteiger partial charge on any atom is 0.219 e. The van der Waals surface area contributed by atoms with Crippen LogP contribution in [0.2, 0.25) is 0 Å². The Labute approximate surface area is 105 Å². The van der Waals surface area contributed by atoms with Gasteiger partial charge in [0.2, 0.25) is 5.91 Å². The third-order valence-corrected chi connectivity index (χ3v) is 3.52. The molecule has 1 amide bonds. The Bertz CT molecular complexity index is 231. The van der Waals surface area contributed by atoms with E-state index in [0.29, 0.717) is 12.5 Å². The van der Waals surface area contributed by atoms with Gasteiger partial charge in [-0.2, -0.15) is 0 Å². The third-order valence-electron chi connectivity index (χ3n) is 3.52. The van der Waals surface area contributed by atoms with E-state index >= 15 is 0 Å². The largest absolute Gasteiger partial charge is 0.359 e. The first-order valence-electron chi connectivity index (χ1n) is 6.78. The van der Waals surface area contributed by atoms with Crippen molar-refractivity contribution in [1.29, 1.82) is 0 Å². The number of hydrogen-bond donors (Lipinski definition) is 2. The molecule has 1 unspecified atom stereocenters. The van der Waals surface area contributed by atoms with E-state index in [1.807, 2.05) is 0 Å². The third kappa shape index (κ3) is 5.50. The fourth-order valence-electron chi connectivity index (χ4n) is 2.30. The van der Waals surface area contributed by atoms with Gasteiger partial charge in [0.1, 0.15) is 0 Å². The van der Waals surface area contributed by atoms with Crippen LogP contribution in [0.5, 0.6) is 0 Å². The normalized spacial score (nSPS) is 21.1. The number of nitrogens with zero attached hydrogens (tertiary/aromatic N) is 1. The Morgan fingerprint density at radius 1 is 1.47 bits per heavy atom. The zero-order valence-electron chi connectivity index (χ0n) is 11.5. The highest BCUT2D eigenvalue weighted by molar-refractivity contribution is 5.75. The van der Waals surface area contributed by atoms with Crippen LogP contribution in [0.15, 0.2) is 0 Å². The first kappa shape index (κ1) is 14.5. The SMILES string of the molecule is CNC(=O)CCCNCC1CCN(C(C)C)C1. The van der Waals surface area contributed by atoms with E-state index in [1.165, 1.54) is 19.5 Å². The fraction of sp³-hybridized carbons (Fsp3) is 0.923. The van der Waals surface area contributed by atoms with Crippen molar-refractivity contribution in [3.8, 4) is 0 Å². The summed E-state index contributed by atoms with van der Waals surface area (Å²) >= 11 is 0. The number of carbonyl (C=O) groups excluding carboxylic acids is 1. The lowest BCUT2D eigenvalue weighted by Gasteiger charge is -2.20. The summed E-state index contributed by atoms with van der Waals surface area (Å²) in [6.07, 6.45) is 2.87. The second kappa shape index (κ2) is 7.67. The second-order valence-corrected chi connectivity index (χ2v) is 5.22. The van der Waals surface area contributed by atoms with Crippen molar-refractivity contribution < 1.29 is 4.79 Å². The highest BCUT2D eigenvalue weighted by atomic mass is 16.1. The highest BCUT2D eigenvalue weighted by Crippen LogP contribution is 2.17. The van der Waals surface area contributed by atoms with E-state index in [1.54, 1.807) is 7.05 Å². The Hall–Kier alpha value is -0.610. The molecule has 1 aliphatic heterocycles. The van der Waals surface area contributed by atoms with Crippen molar-refractivity contribution in [1.82, 2.24) is 15.5 Å². The molecule has 2 N–H and O–H groups in total. The Balaban J connectivity index is 1.99. The first-order valence-corrected chi connectivity index (χ1v) is 6.78. The van der Waals surface area contributed by atoms with E-state index in [2.05, 4.69) is 29.4 Å². The maximum absolute atomic E-state index is 11.0. The molecule has 0 bridgehead atoms. The van der Waals surface area contributed by atoms with Crippen LogP contribution in [-0.2, 0) is 4.79 Å². The molecule has 1 saturated heterocycles. The van der Waals surface area contributed by atoms with Crippen LogP contribution in [0.4, 0.5) is 0 Å². The van der Waals surface area contributed by atoms with E-state index in [0.717, 1.165) is 25.4 Å². The van der Waals surface area contributed by atoms with Crippen molar-refractivity contribution in [2.45, 2.75) is 39.2 Å². The van der Waals surface area contributed by atoms with Crippen molar-refractivity contribution in [2.75, 3.05) is 33.2 Å². The average molecular weight is 241 g/mol. The van der Waals surface area contributed by atoms with Gasteiger partial charge in [-0.05, 0) is 52.2 Å². The van der Waals surface area contributed by atoms with Crippen LogP contribution in [0.3, 0.4) is 0 Å². The van der Waals surface area contributed by atoms with Gasteiger partial charge in [-0.3, -0.25) is 4.79 Å². The fourth-order valence-corrected chi connectivity index (χ4v) is 2.30. The van der Waals surface area contributed by atoms with Crippen LogP contribution >= 0.6 is 0 Å². The number of amides is 1. The molecule has 0 aromatic heterocycles. The molecule has 1 rings (SSSR count). The van der Waals surface area contributed by atoms with Gasteiger partial charge >= 0.3 is 0 Å². The summed E-state index contributed by atoms with van der Waals surface area (Å²) < 4.78 is 0. The van der Waals surface area contributed by atoms with Crippen LogP contribution in [0.25, 0.3) is 0 Å². The van der Waals surface area contributed by atoms with Crippen molar-refractivity contribution >= 4 is 5.91 Å². The van der Waals surface area contributed by atoms with Gasteiger partial charge < -0.3 is 15.5 Å². The summed E-state index contributed by atoms with van der Waals surface area (Å²) in [6, 6.07) is 0.674. The van der Waals surface area contributed by atoms with Gasteiger partial charge in [0.15, 0.2) is 0 Å². The van der Waals surface area contributed by atoms with Gasteiger partial charge in [0, 0.05) is 26.1 Å². The summed E-state index contributed by atoms with van der Waals surface area (Å²) in [4.78, 5) is 13.5. The molecule has 0 spiro atoms. The Morgan fingerprint density at radius 2 is 2.24 bits per heavy atom. The van der Waals surface area contributed by atoms with Gasteiger partial charge in [0.05, 0.1) is 0 Å². The molecular formula is C13H27N3O. The predicted molar refractivity (Wildman–Crippen MR) is 71.0 cm³/mol. The highest BCUT2D eigenvalue weighted by Gasteiger charge is 2.23. The van der Waals surface area contributed by atoms with Crippen molar-refractivity contribution in [2.24, 2.45) is 5.92 Å². The molecule has 0 aliphatic carbocycles. The minimum atomic E-state index is 0.138. The number of hydrogen-bond acceptors (Lipinski definition) is 3. The molecule has 0 aromatic carbocycles. The molecule has 0 aromatic rings. The van der Waals surface area contributed by atoms with E-state index in [-0.39, 0.29) is 5.91 Å². The molecule has 0 saturated carbocycles. The lowest BCUT2D eigenvalue weighted by Crippen LogP contribution is -2.31. The minimum Gasteiger partial charge on any atom is -0.359 e. The van der Waals surface area contributed by atoms with Crippen molar-refractivity contribution in [3.05, 3.63) is 0 Å². The van der Waals surface area contributed by atoms with Crippen LogP contribution in [-0.4, -0.2) is 50.1 Å². The summed E-state index contributed by atoms with van der Waals surface area (Å²) in [5, 5.41) is 6.10. The monoisotopic (exact) mass is 241 g/mol. The van der Waals surface area contributed by atoms with Crippen LogP contribution < -0.4 is 10.6 Å². The molecule has 1 fully saturated rings. The summed E-state index contributed by atoms with van der Waals surface area (Å²) in [7, 11) is 1.69. The number of nitrogens with one attached hydrogen (secondary N) is 2. The molecule has 4 nitrogen and oxygen atoms in total. The second-order valence-electron chi connectivity index (χ2n) is 5.22. The molecular weight excluding hydrogens is 214 g/mol. The van der Waals surface area contributed by atoms with Gasteiger partial charge in [-0.15, -0.1) is 0 Å². The molecule has 1 heterocycles. The zero-order chi connectivity index (χ0) is 12.7. The molecule has 17 heavy (non-hydrogen) atoms. The predicted octanol–water partition coefficient (Wildman–Crippen LogP) is 0.833. The summed E-state index contributed by atoms with van der Waals surface area (Å²) in [6.45, 7) is 9.03. The quantitative estimate of drug-likeness (QED) is 0.649. The average Bonchev–Trinajstić information content (AvgIpc) is 2.77. The number of rotatable bonds is 7. The summed E-state index contributed by atoms with van der Waals surface area (Å²) in [5.74, 6) is 0.927. The summed E-state index contributed by atoms with van der Waals surface area (Å²) in [5.41, 5.74) is 0. The Kier molecular flexibility index (Phi) is 6.52. The Morgan fingerprint density at radius 3 is 2.82 bits per heavy atom. The van der Waals surface area contributed by atoms with Crippen LogP contribution in [0.1, 0.15) is 33.1 Å². The molecule has 0 radical (unpaired) electrons.